The lowest BCUT2D eigenvalue weighted by Gasteiger charge is -2.21. The first-order valence-electron chi connectivity index (χ1n) is 9.66. The molecule has 0 aliphatic heterocycles. The van der Waals surface area contributed by atoms with Gasteiger partial charge in [-0.1, -0.05) is 34.9 Å². The van der Waals surface area contributed by atoms with Gasteiger partial charge in [-0.2, -0.15) is 0 Å². The molecule has 0 amide bonds. The fraction of sp³-hybridized carbons (Fsp3) is 0.700. The van der Waals surface area contributed by atoms with E-state index in [0.29, 0.717) is 0 Å². The molecule has 0 fully saturated rings. The Morgan fingerprint density at radius 2 is 1.46 bits per heavy atom. The van der Waals surface area contributed by atoms with Gasteiger partial charge in [-0.05, 0) is 67.2 Å². The molecule has 0 rings (SSSR count). The van der Waals surface area contributed by atoms with E-state index >= 15 is 0 Å². The second-order valence-electron chi connectivity index (χ2n) is 7.73. The average Bonchev–Trinajstić information content (AvgIpc) is 2.48. The molecule has 0 aliphatic carbocycles. The van der Waals surface area contributed by atoms with Gasteiger partial charge >= 0.3 is 7.60 Å². The van der Waals surface area contributed by atoms with E-state index < -0.39 is 27.0 Å². The van der Waals surface area contributed by atoms with Crippen molar-refractivity contribution in [2.75, 3.05) is 18.9 Å². The van der Waals surface area contributed by atoms with Crippen LogP contribution in [-0.2, 0) is 18.4 Å². The topological polar surface area (TPSA) is 93.1 Å². The van der Waals surface area contributed by atoms with E-state index in [4.69, 9.17) is 19.0 Å². The summed E-state index contributed by atoms with van der Waals surface area (Å²) in [6.07, 6.45) is 9.71. The van der Waals surface area contributed by atoms with E-state index in [-0.39, 0.29) is 13.0 Å². The fourth-order valence-corrected chi connectivity index (χ4v) is 6.55. The Bertz CT molecular complexity index is 639. The van der Waals surface area contributed by atoms with Gasteiger partial charge in [0.15, 0.2) is 0 Å². The van der Waals surface area contributed by atoms with Gasteiger partial charge in [-0.3, -0.25) is 9.13 Å². The molecule has 6 nitrogen and oxygen atoms in total. The smallest absolute Gasteiger partial charge is 0.335 e. The van der Waals surface area contributed by atoms with Crippen molar-refractivity contribution >= 4 is 15.0 Å². The van der Waals surface area contributed by atoms with Crippen molar-refractivity contribution < 1.29 is 28.2 Å². The monoisotopic (exact) mass is 436 g/mol. The van der Waals surface area contributed by atoms with E-state index in [9.17, 15) is 9.13 Å². The lowest BCUT2D eigenvalue weighted by molar-refractivity contribution is 0.174. The lowest BCUT2D eigenvalue weighted by atomic mass is 10.1. The Hall–Kier alpha value is -0.480. The van der Waals surface area contributed by atoms with E-state index in [0.717, 1.165) is 31.3 Å². The van der Waals surface area contributed by atoms with Crippen molar-refractivity contribution in [2.24, 2.45) is 0 Å². The fourth-order valence-electron chi connectivity index (χ4n) is 2.50. The van der Waals surface area contributed by atoms with Crippen LogP contribution >= 0.6 is 15.0 Å². The molecule has 0 saturated heterocycles. The van der Waals surface area contributed by atoms with Crippen LogP contribution in [0, 0.1) is 0 Å². The zero-order valence-corrected chi connectivity index (χ0v) is 20.0. The Kier molecular flexibility index (Phi) is 13.5. The largest absolute Gasteiger partial charge is 0.367 e. The predicted octanol–water partition coefficient (Wildman–Crippen LogP) is 6.22. The maximum Gasteiger partial charge on any atom is 0.335 e. The molecular formula is C20H38O6P2. The van der Waals surface area contributed by atoms with Gasteiger partial charge in [-0.25, -0.2) is 0 Å². The summed E-state index contributed by atoms with van der Waals surface area (Å²) in [6.45, 7) is 12.0. The molecule has 0 aromatic rings. The van der Waals surface area contributed by atoms with Crippen molar-refractivity contribution in [2.45, 2.75) is 73.3 Å². The minimum atomic E-state index is -4.44. The molecule has 0 spiro atoms. The average molecular weight is 436 g/mol. The van der Waals surface area contributed by atoms with Crippen LogP contribution in [0.2, 0.25) is 0 Å². The van der Waals surface area contributed by atoms with Crippen LogP contribution in [0.5, 0.6) is 0 Å². The molecule has 1 unspecified atom stereocenters. The van der Waals surface area contributed by atoms with E-state index in [1.54, 1.807) is 13.8 Å². The molecule has 0 aliphatic rings. The molecular weight excluding hydrogens is 398 g/mol. The third-order valence-electron chi connectivity index (χ3n) is 3.76. The van der Waals surface area contributed by atoms with Crippen LogP contribution in [0.1, 0.15) is 67.2 Å². The summed E-state index contributed by atoms with van der Waals surface area (Å²) in [7, 11) is -7.98. The van der Waals surface area contributed by atoms with Gasteiger partial charge in [0.25, 0.3) is 0 Å². The Morgan fingerprint density at radius 1 is 0.929 bits per heavy atom. The maximum atomic E-state index is 12.6. The van der Waals surface area contributed by atoms with Gasteiger partial charge in [0.1, 0.15) is 12.3 Å². The summed E-state index contributed by atoms with van der Waals surface area (Å²) in [5.74, 6) is -0.794. The molecule has 0 radical (unpaired) electrons. The van der Waals surface area contributed by atoms with Gasteiger partial charge in [-0.15, -0.1) is 0 Å². The second kappa shape index (κ2) is 13.7. The summed E-state index contributed by atoms with van der Waals surface area (Å²) < 4.78 is 34.4. The van der Waals surface area contributed by atoms with Crippen LogP contribution in [0.4, 0.5) is 0 Å². The Labute approximate surface area is 170 Å². The minimum Gasteiger partial charge on any atom is -0.367 e. The molecule has 2 N–H and O–H groups in total. The third-order valence-corrected chi connectivity index (χ3v) is 8.34. The highest BCUT2D eigenvalue weighted by atomic mass is 31.2. The molecule has 8 heteroatoms. The van der Waals surface area contributed by atoms with E-state index in [1.165, 1.54) is 11.1 Å². The second-order valence-corrected chi connectivity index (χ2v) is 12.3. The molecule has 0 aromatic heterocycles. The number of ether oxygens (including phenoxy) is 1. The van der Waals surface area contributed by atoms with Crippen LogP contribution in [0.25, 0.3) is 0 Å². The van der Waals surface area contributed by atoms with Crippen LogP contribution < -0.4 is 0 Å². The summed E-state index contributed by atoms with van der Waals surface area (Å²) in [6, 6.07) is 0. The third kappa shape index (κ3) is 16.5. The molecule has 0 aromatic carbocycles. The quantitative estimate of drug-likeness (QED) is 0.191. The van der Waals surface area contributed by atoms with Crippen molar-refractivity contribution in [1.29, 1.82) is 0 Å². The van der Waals surface area contributed by atoms with Crippen molar-refractivity contribution in [3.8, 4) is 0 Å². The summed E-state index contributed by atoms with van der Waals surface area (Å²) in [5, 5.41) is 0. The van der Waals surface area contributed by atoms with Crippen LogP contribution in [-0.4, -0.2) is 34.7 Å². The van der Waals surface area contributed by atoms with E-state index in [1.807, 2.05) is 13.0 Å². The van der Waals surface area contributed by atoms with Gasteiger partial charge in [0.2, 0.25) is 7.37 Å². The summed E-state index contributed by atoms with van der Waals surface area (Å²) in [5.41, 5.74) is 3.88. The Balaban J connectivity index is 4.39. The van der Waals surface area contributed by atoms with Crippen molar-refractivity contribution in [3.63, 3.8) is 0 Å². The number of hydrogen-bond acceptors (Lipinski definition) is 4. The Morgan fingerprint density at radius 3 is 1.96 bits per heavy atom. The summed E-state index contributed by atoms with van der Waals surface area (Å²) >= 11 is 0. The first-order chi connectivity index (χ1) is 12.8. The molecule has 28 heavy (non-hydrogen) atoms. The lowest BCUT2D eigenvalue weighted by Crippen LogP contribution is -2.09. The van der Waals surface area contributed by atoms with E-state index in [2.05, 4.69) is 32.9 Å². The summed E-state index contributed by atoms with van der Waals surface area (Å²) in [4.78, 5) is 18.2. The molecule has 0 saturated carbocycles. The van der Waals surface area contributed by atoms with Gasteiger partial charge in [0.05, 0.1) is 12.7 Å². The molecule has 1 atom stereocenters. The highest BCUT2D eigenvalue weighted by Gasteiger charge is 2.33. The van der Waals surface area contributed by atoms with Crippen molar-refractivity contribution in [1.82, 2.24) is 0 Å². The molecule has 0 bridgehead atoms. The van der Waals surface area contributed by atoms with Gasteiger partial charge < -0.3 is 19.0 Å². The number of rotatable bonds is 14. The normalized spacial score (nSPS) is 15.6. The molecule has 164 valence electrons. The first kappa shape index (κ1) is 27.5. The maximum absolute atomic E-state index is 12.6. The number of allylic oxidation sites excluding steroid dienone is 5. The minimum absolute atomic E-state index is 0.238. The SMILES string of the molecule is CC(C)=CCCC(C)=CCCC(C)=CCOCP(=O)(CP(=O)(O)O)OC(C)C. The van der Waals surface area contributed by atoms with Gasteiger partial charge in [0, 0.05) is 0 Å². The first-order valence-corrected chi connectivity index (χ1v) is 13.5. The standard InChI is InChI=1S/C20H38O6P2/c1-17(2)9-7-10-19(5)11-8-12-20(6)13-14-25-15-27(21,26-18(3)4)16-28(22,23)24/h9,11,13,18H,7-8,10,12,14-16H2,1-6H3,(H2,22,23,24). The predicted molar refractivity (Wildman–Crippen MR) is 117 cm³/mol. The van der Waals surface area contributed by atoms with Crippen molar-refractivity contribution in [3.05, 3.63) is 34.9 Å². The zero-order chi connectivity index (χ0) is 21.8. The zero-order valence-electron chi connectivity index (χ0n) is 18.2. The molecule has 0 heterocycles. The van der Waals surface area contributed by atoms with Crippen LogP contribution in [0.15, 0.2) is 34.9 Å². The highest BCUT2D eigenvalue weighted by molar-refractivity contribution is 7.73. The van der Waals surface area contributed by atoms with Crippen LogP contribution in [0.3, 0.4) is 0 Å². The number of hydrogen-bond donors (Lipinski definition) is 2. The highest BCUT2D eigenvalue weighted by Crippen LogP contribution is 2.58.